The Morgan fingerprint density at radius 3 is 2.57 bits per heavy atom. The number of aliphatic carboxylic acids is 1. The van der Waals surface area contributed by atoms with Crippen molar-refractivity contribution in [2.75, 3.05) is 13.1 Å². The normalized spacial score (nSPS) is 18.9. The first-order chi connectivity index (χ1) is 10.0. The summed E-state index contributed by atoms with van der Waals surface area (Å²) in [6, 6.07) is -0.653. The predicted octanol–water partition coefficient (Wildman–Crippen LogP) is 1.54. The molecule has 2 amide bonds. The van der Waals surface area contributed by atoms with Crippen LogP contribution in [0, 0.1) is 0 Å². The van der Waals surface area contributed by atoms with Crippen LogP contribution in [0.1, 0.15) is 58.3 Å². The van der Waals surface area contributed by atoms with Crippen LogP contribution in [0.15, 0.2) is 0 Å². The van der Waals surface area contributed by atoms with Crippen LogP contribution in [0.4, 0.5) is 0 Å². The van der Waals surface area contributed by atoms with Crippen molar-refractivity contribution in [3.05, 3.63) is 0 Å². The molecule has 2 N–H and O–H groups in total. The summed E-state index contributed by atoms with van der Waals surface area (Å²) in [6.45, 7) is 2.67. The zero-order chi connectivity index (χ0) is 15.7. The number of hydrogen-bond acceptors (Lipinski definition) is 3. The van der Waals surface area contributed by atoms with Crippen LogP contribution >= 0.6 is 0 Å². The third-order valence-corrected chi connectivity index (χ3v) is 3.80. The van der Waals surface area contributed by atoms with Crippen molar-refractivity contribution in [3.63, 3.8) is 0 Å². The van der Waals surface area contributed by atoms with Crippen LogP contribution in [0.5, 0.6) is 0 Å². The van der Waals surface area contributed by atoms with Gasteiger partial charge in [-0.05, 0) is 25.7 Å². The Morgan fingerprint density at radius 2 is 1.90 bits per heavy atom. The molecule has 6 nitrogen and oxygen atoms in total. The molecule has 1 aliphatic rings. The molecule has 0 aromatic rings. The molecule has 0 aromatic carbocycles. The van der Waals surface area contributed by atoms with Gasteiger partial charge in [-0.1, -0.05) is 19.3 Å². The Balaban J connectivity index is 2.31. The van der Waals surface area contributed by atoms with Crippen molar-refractivity contribution < 1.29 is 19.5 Å². The predicted molar refractivity (Wildman–Crippen MR) is 78.8 cm³/mol. The number of carbonyl (C=O) groups excluding carboxylic acids is 2. The highest BCUT2D eigenvalue weighted by Crippen LogP contribution is 2.18. The maximum absolute atomic E-state index is 12.2. The fourth-order valence-electron chi connectivity index (χ4n) is 2.65. The molecule has 0 bridgehead atoms. The van der Waals surface area contributed by atoms with Gasteiger partial charge in [0.05, 0.1) is 0 Å². The maximum Gasteiger partial charge on any atom is 0.326 e. The first-order valence-electron chi connectivity index (χ1n) is 7.79. The summed E-state index contributed by atoms with van der Waals surface area (Å²) in [5, 5.41) is 12.0. The van der Waals surface area contributed by atoms with E-state index in [2.05, 4.69) is 5.32 Å². The minimum absolute atomic E-state index is 0.0417. The average Bonchev–Trinajstić information content (AvgIpc) is 2.67. The van der Waals surface area contributed by atoms with E-state index >= 15 is 0 Å². The third-order valence-electron chi connectivity index (χ3n) is 3.80. The van der Waals surface area contributed by atoms with E-state index in [0.717, 1.165) is 38.5 Å². The van der Waals surface area contributed by atoms with Gasteiger partial charge in [-0.25, -0.2) is 4.79 Å². The molecular formula is C15H26N2O4. The monoisotopic (exact) mass is 298 g/mol. The van der Waals surface area contributed by atoms with Crippen molar-refractivity contribution >= 4 is 17.8 Å². The number of hydrogen-bond donors (Lipinski definition) is 2. The first kappa shape index (κ1) is 17.5. The zero-order valence-corrected chi connectivity index (χ0v) is 12.8. The first-order valence-corrected chi connectivity index (χ1v) is 7.79. The lowest BCUT2D eigenvalue weighted by molar-refractivity contribution is -0.150. The summed E-state index contributed by atoms with van der Waals surface area (Å²) in [6.07, 6.45) is 6.14. The number of carboxylic acid groups (broad SMARTS) is 1. The van der Waals surface area contributed by atoms with Gasteiger partial charge in [-0.2, -0.15) is 0 Å². The molecule has 0 radical (unpaired) electrons. The van der Waals surface area contributed by atoms with Crippen molar-refractivity contribution in [2.24, 2.45) is 0 Å². The Bertz CT molecular complexity index is 371. The summed E-state index contributed by atoms with van der Waals surface area (Å²) in [5.74, 6) is -0.986. The standard InChI is InChI=1S/C15H26N2O4/c1-12(18)16-10-6-2-5-9-14(19)17-11-7-3-4-8-13(17)15(20)21/h13H,2-11H2,1H3,(H,16,18)(H,20,21). The molecule has 0 aromatic heterocycles. The maximum atomic E-state index is 12.2. The van der Waals surface area contributed by atoms with Gasteiger partial charge < -0.3 is 15.3 Å². The van der Waals surface area contributed by atoms with Crippen LogP contribution in [0.25, 0.3) is 0 Å². The minimum atomic E-state index is -0.893. The Kier molecular flexibility index (Phi) is 7.79. The van der Waals surface area contributed by atoms with Gasteiger partial charge in [-0.15, -0.1) is 0 Å². The second-order valence-corrected chi connectivity index (χ2v) is 5.58. The van der Waals surface area contributed by atoms with Crippen LogP contribution < -0.4 is 5.32 Å². The molecule has 1 aliphatic heterocycles. The van der Waals surface area contributed by atoms with E-state index in [4.69, 9.17) is 0 Å². The van der Waals surface area contributed by atoms with Crippen molar-refractivity contribution in [1.29, 1.82) is 0 Å². The number of nitrogens with one attached hydrogen (secondary N) is 1. The Labute approximate surface area is 125 Å². The molecule has 1 unspecified atom stereocenters. The van der Waals surface area contributed by atoms with Crippen LogP contribution in [0.2, 0.25) is 0 Å². The molecule has 1 rings (SSSR count). The summed E-state index contributed by atoms with van der Waals surface area (Å²) < 4.78 is 0. The number of amides is 2. The quantitative estimate of drug-likeness (QED) is 0.698. The fraction of sp³-hybridized carbons (Fsp3) is 0.800. The largest absolute Gasteiger partial charge is 0.480 e. The van der Waals surface area contributed by atoms with E-state index in [9.17, 15) is 19.5 Å². The lowest BCUT2D eigenvalue weighted by Gasteiger charge is -2.27. The Morgan fingerprint density at radius 1 is 1.14 bits per heavy atom. The molecule has 6 heteroatoms. The molecule has 1 atom stereocenters. The molecule has 1 fully saturated rings. The number of unbranched alkanes of at least 4 members (excludes halogenated alkanes) is 2. The van der Waals surface area contributed by atoms with Crippen LogP contribution in [0.3, 0.4) is 0 Å². The van der Waals surface area contributed by atoms with E-state index in [0.29, 0.717) is 25.9 Å². The SMILES string of the molecule is CC(=O)NCCCCCC(=O)N1CCCCCC1C(=O)O. The smallest absolute Gasteiger partial charge is 0.326 e. The second kappa shape index (κ2) is 9.37. The Hall–Kier alpha value is -1.59. The molecule has 120 valence electrons. The highest BCUT2D eigenvalue weighted by molar-refractivity contribution is 5.83. The summed E-state index contributed by atoms with van der Waals surface area (Å²) in [7, 11) is 0. The van der Waals surface area contributed by atoms with Gasteiger partial charge in [0.15, 0.2) is 0 Å². The lowest BCUT2D eigenvalue weighted by Crippen LogP contribution is -2.44. The molecule has 0 spiro atoms. The molecule has 21 heavy (non-hydrogen) atoms. The van der Waals surface area contributed by atoms with E-state index in [1.165, 1.54) is 6.92 Å². The van der Waals surface area contributed by atoms with Crippen molar-refractivity contribution in [1.82, 2.24) is 10.2 Å². The third kappa shape index (κ3) is 6.60. The molecule has 1 heterocycles. The number of carboxylic acids is 1. The summed E-state index contributed by atoms with van der Waals surface area (Å²) in [5.41, 5.74) is 0. The van der Waals surface area contributed by atoms with E-state index in [1.54, 1.807) is 4.90 Å². The van der Waals surface area contributed by atoms with E-state index in [-0.39, 0.29) is 11.8 Å². The summed E-state index contributed by atoms with van der Waals surface area (Å²) >= 11 is 0. The van der Waals surface area contributed by atoms with Gasteiger partial charge in [-0.3, -0.25) is 9.59 Å². The van der Waals surface area contributed by atoms with Gasteiger partial charge in [0.25, 0.3) is 0 Å². The molecule has 1 saturated heterocycles. The average molecular weight is 298 g/mol. The highest BCUT2D eigenvalue weighted by atomic mass is 16.4. The van der Waals surface area contributed by atoms with Crippen LogP contribution in [-0.4, -0.2) is 46.9 Å². The second-order valence-electron chi connectivity index (χ2n) is 5.58. The molecule has 0 saturated carbocycles. The minimum Gasteiger partial charge on any atom is -0.480 e. The number of nitrogens with zero attached hydrogens (tertiary/aromatic N) is 1. The van der Waals surface area contributed by atoms with Crippen molar-refractivity contribution in [2.45, 2.75) is 64.3 Å². The zero-order valence-electron chi connectivity index (χ0n) is 12.8. The van der Waals surface area contributed by atoms with Crippen molar-refractivity contribution in [3.8, 4) is 0 Å². The fourth-order valence-corrected chi connectivity index (χ4v) is 2.65. The number of rotatable bonds is 7. The van der Waals surface area contributed by atoms with Crippen LogP contribution in [-0.2, 0) is 14.4 Å². The van der Waals surface area contributed by atoms with E-state index in [1.807, 2.05) is 0 Å². The van der Waals surface area contributed by atoms with Gasteiger partial charge in [0.1, 0.15) is 6.04 Å². The molecule has 0 aliphatic carbocycles. The number of carbonyl (C=O) groups is 3. The molecular weight excluding hydrogens is 272 g/mol. The number of likely N-dealkylation sites (tertiary alicyclic amines) is 1. The van der Waals surface area contributed by atoms with E-state index < -0.39 is 12.0 Å². The highest BCUT2D eigenvalue weighted by Gasteiger charge is 2.30. The lowest BCUT2D eigenvalue weighted by atomic mass is 10.1. The topological polar surface area (TPSA) is 86.7 Å². The van der Waals surface area contributed by atoms with Gasteiger partial charge in [0.2, 0.25) is 11.8 Å². The van der Waals surface area contributed by atoms with Gasteiger partial charge >= 0.3 is 5.97 Å². The summed E-state index contributed by atoms with van der Waals surface area (Å²) in [4.78, 5) is 35.7. The van der Waals surface area contributed by atoms with Gasteiger partial charge in [0, 0.05) is 26.4 Å².